The van der Waals surface area contributed by atoms with E-state index in [4.69, 9.17) is 5.11 Å². The van der Waals surface area contributed by atoms with Crippen molar-refractivity contribution in [2.75, 3.05) is 5.75 Å². The van der Waals surface area contributed by atoms with Gasteiger partial charge in [0.2, 0.25) is 10.0 Å². The summed E-state index contributed by atoms with van der Waals surface area (Å²) in [5.41, 5.74) is 0. The van der Waals surface area contributed by atoms with Gasteiger partial charge in [0.1, 0.15) is 6.04 Å². The largest absolute Gasteiger partial charge is 0.480 e. The summed E-state index contributed by atoms with van der Waals surface area (Å²) in [5, 5.41) is 8.68. The molecule has 0 aliphatic rings. The summed E-state index contributed by atoms with van der Waals surface area (Å²) >= 11 is 0. The molecule has 0 aliphatic heterocycles. The molecule has 0 amide bonds. The molecule has 0 aromatic rings. The van der Waals surface area contributed by atoms with Gasteiger partial charge in [0, 0.05) is 0 Å². The van der Waals surface area contributed by atoms with E-state index in [-0.39, 0.29) is 12.2 Å². The van der Waals surface area contributed by atoms with Gasteiger partial charge in [0.25, 0.3) is 0 Å². The van der Waals surface area contributed by atoms with Crippen molar-refractivity contribution in [1.29, 1.82) is 0 Å². The van der Waals surface area contributed by atoms with E-state index in [1.807, 2.05) is 0 Å². The van der Waals surface area contributed by atoms with Crippen molar-refractivity contribution >= 4 is 16.0 Å². The molecule has 0 aromatic carbocycles. The topological polar surface area (TPSA) is 83.5 Å². The maximum Gasteiger partial charge on any atom is 0.321 e. The molecule has 1 atom stereocenters. The minimum atomic E-state index is -3.55. The van der Waals surface area contributed by atoms with Crippen molar-refractivity contribution in [3.63, 3.8) is 0 Å². The molecule has 6 heteroatoms. The van der Waals surface area contributed by atoms with Crippen LogP contribution in [0.4, 0.5) is 0 Å². The lowest BCUT2D eigenvalue weighted by Crippen LogP contribution is -2.41. The molecule has 0 rings (SSSR count). The van der Waals surface area contributed by atoms with E-state index in [9.17, 15) is 13.2 Å². The smallest absolute Gasteiger partial charge is 0.321 e. The molecular weight excluding hydrogens is 206 g/mol. The summed E-state index contributed by atoms with van der Waals surface area (Å²) in [5.74, 6) is -1.42. The van der Waals surface area contributed by atoms with E-state index >= 15 is 0 Å². The maximum atomic E-state index is 11.2. The van der Waals surface area contributed by atoms with Crippen molar-refractivity contribution in [2.45, 2.75) is 25.8 Å². The van der Waals surface area contributed by atoms with Crippen LogP contribution in [0.25, 0.3) is 0 Å². The number of hydrogen-bond donors (Lipinski definition) is 2. The van der Waals surface area contributed by atoms with Crippen LogP contribution in [0.5, 0.6) is 0 Å². The number of hydrogen-bond acceptors (Lipinski definition) is 3. The van der Waals surface area contributed by atoms with E-state index in [1.165, 1.54) is 6.08 Å². The molecule has 2 N–H and O–H groups in total. The summed E-state index contributed by atoms with van der Waals surface area (Å²) in [7, 11) is -3.55. The van der Waals surface area contributed by atoms with Crippen molar-refractivity contribution in [2.24, 2.45) is 0 Å². The van der Waals surface area contributed by atoms with Gasteiger partial charge in [-0.05, 0) is 6.42 Å². The van der Waals surface area contributed by atoms with Crippen LogP contribution in [0.1, 0.15) is 19.8 Å². The molecule has 14 heavy (non-hydrogen) atoms. The highest BCUT2D eigenvalue weighted by atomic mass is 32.2. The Bertz CT molecular complexity index is 296. The molecule has 0 heterocycles. The van der Waals surface area contributed by atoms with E-state index in [1.54, 1.807) is 6.92 Å². The van der Waals surface area contributed by atoms with Gasteiger partial charge in [0.05, 0.1) is 5.75 Å². The number of carboxylic acids is 1. The first-order chi connectivity index (χ1) is 6.43. The van der Waals surface area contributed by atoms with Gasteiger partial charge >= 0.3 is 5.97 Å². The average molecular weight is 221 g/mol. The van der Waals surface area contributed by atoms with Crippen LogP contribution in [0.2, 0.25) is 0 Å². The summed E-state index contributed by atoms with van der Waals surface area (Å²) in [6.07, 6.45) is 2.10. The molecule has 5 nitrogen and oxygen atoms in total. The van der Waals surface area contributed by atoms with E-state index in [2.05, 4.69) is 11.3 Å². The Morgan fingerprint density at radius 2 is 2.21 bits per heavy atom. The first-order valence-corrected chi connectivity index (χ1v) is 5.92. The van der Waals surface area contributed by atoms with Crippen LogP contribution in [-0.4, -0.2) is 31.3 Å². The van der Waals surface area contributed by atoms with Crippen molar-refractivity contribution in [1.82, 2.24) is 4.72 Å². The van der Waals surface area contributed by atoms with E-state index in [0.717, 1.165) is 0 Å². The number of carboxylic acid groups (broad SMARTS) is 1. The fourth-order valence-electron chi connectivity index (χ4n) is 0.941. The third-order valence-corrected chi connectivity index (χ3v) is 2.85. The highest BCUT2D eigenvalue weighted by Crippen LogP contribution is 1.99. The zero-order chi connectivity index (χ0) is 11.2. The molecule has 0 aromatic heterocycles. The standard InChI is InChI=1S/C8H15NO4S/c1-3-5-7(8(10)11)9-14(12,13)6-4-2/h4,7,9H,2-3,5-6H2,1H3,(H,10,11). The monoisotopic (exact) mass is 221 g/mol. The molecule has 0 radical (unpaired) electrons. The Kier molecular flexibility index (Phi) is 5.40. The van der Waals surface area contributed by atoms with Gasteiger partial charge in [-0.2, -0.15) is 0 Å². The van der Waals surface area contributed by atoms with Gasteiger partial charge < -0.3 is 5.11 Å². The van der Waals surface area contributed by atoms with Crippen LogP contribution in [-0.2, 0) is 14.8 Å². The van der Waals surface area contributed by atoms with Gasteiger partial charge in [0.15, 0.2) is 0 Å². The summed E-state index contributed by atoms with van der Waals surface area (Å²) in [6, 6.07) is -1.04. The van der Waals surface area contributed by atoms with Crippen molar-refractivity contribution in [3.8, 4) is 0 Å². The highest BCUT2D eigenvalue weighted by Gasteiger charge is 2.21. The van der Waals surface area contributed by atoms with Crippen molar-refractivity contribution < 1.29 is 18.3 Å². The lowest BCUT2D eigenvalue weighted by atomic mass is 10.2. The van der Waals surface area contributed by atoms with Crippen molar-refractivity contribution in [3.05, 3.63) is 12.7 Å². The average Bonchev–Trinajstić information content (AvgIpc) is 2.02. The normalized spacial score (nSPS) is 13.5. The Morgan fingerprint density at radius 1 is 1.64 bits per heavy atom. The number of nitrogens with one attached hydrogen (secondary N) is 1. The highest BCUT2D eigenvalue weighted by molar-refractivity contribution is 7.89. The van der Waals surface area contributed by atoms with Crippen LogP contribution < -0.4 is 4.72 Å². The predicted octanol–water partition coefficient (Wildman–Crippen LogP) is 0.345. The van der Waals surface area contributed by atoms with Crippen LogP contribution in [0.15, 0.2) is 12.7 Å². The fourth-order valence-corrected chi connectivity index (χ4v) is 2.00. The number of rotatable bonds is 7. The molecule has 0 fully saturated rings. The Hall–Kier alpha value is -0.880. The van der Waals surface area contributed by atoms with E-state index < -0.39 is 22.0 Å². The lowest BCUT2D eigenvalue weighted by Gasteiger charge is -2.12. The van der Waals surface area contributed by atoms with Gasteiger partial charge in [-0.25, -0.2) is 13.1 Å². The zero-order valence-electron chi connectivity index (χ0n) is 8.06. The quantitative estimate of drug-likeness (QED) is 0.607. The Morgan fingerprint density at radius 3 is 2.57 bits per heavy atom. The zero-order valence-corrected chi connectivity index (χ0v) is 8.88. The second kappa shape index (κ2) is 5.77. The molecule has 0 saturated heterocycles. The minimum absolute atomic E-state index is 0.263. The second-order valence-electron chi connectivity index (χ2n) is 2.87. The molecule has 0 saturated carbocycles. The number of aliphatic carboxylic acids is 1. The Labute approximate surface area is 83.9 Å². The summed E-state index contributed by atoms with van der Waals surface area (Å²) < 4.78 is 24.4. The molecule has 1 unspecified atom stereocenters. The number of sulfonamides is 1. The second-order valence-corrected chi connectivity index (χ2v) is 4.67. The molecule has 82 valence electrons. The number of carbonyl (C=O) groups is 1. The fraction of sp³-hybridized carbons (Fsp3) is 0.625. The van der Waals surface area contributed by atoms with Crippen LogP contribution in [0.3, 0.4) is 0 Å². The molecule has 0 bridgehead atoms. The minimum Gasteiger partial charge on any atom is -0.480 e. The first-order valence-electron chi connectivity index (χ1n) is 4.26. The van der Waals surface area contributed by atoms with Gasteiger partial charge in [-0.1, -0.05) is 19.4 Å². The third-order valence-electron chi connectivity index (χ3n) is 1.53. The molecule has 0 spiro atoms. The van der Waals surface area contributed by atoms with E-state index in [0.29, 0.717) is 6.42 Å². The van der Waals surface area contributed by atoms with Crippen LogP contribution in [0, 0.1) is 0 Å². The maximum absolute atomic E-state index is 11.2. The summed E-state index contributed by atoms with van der Waals surface area (Å²) in [4.78, 5) is 10.6. The van der Waals surface area contributed by atoms with Crippen LogP contribution >= 0.6 is 0 Å². The van der Waals surface area contributed by atoms with Gasteiger partial charge in [-0.15, -0.1) is 6.58 Å². The summed E-state index contributed by atoms with van der Waals surface area (Å²) in [6.45, 7) is 5.07. The first kappa shape index (κ1) is 13.1. The SMILES string of the molecule is C=CCS(=O)(=O)NC(CCC)C(=O)O. The third kappa shape index (κ3) is 4.98. The molecular formula is C8H15NO4S. The lowest BCUT2D eigenvalue weighted by molar-refractivity contribution is -0.139. The van der Waals surface area contributed by atoms with Gasteiger partial charge in [-0.3, -0.25) is 4.79 Å². The Balaban J connectivity index is 4.43. The predicted molar refractivity (Wildman–Crippen MR) is 53.5 cm³/mol. The molecule has 0 aliphatic carbocycles.